The largest absolute Gasteiger partial charge is 0.543 e. The Morgan fingerprint density at radius 1 is 1.27 bits per heavy atom. The first-order chi connectivity index (χ1) is 10.4. The van der Waals surface area contributed by atoms with Crippen molar-refractivity contribution in [3.05, 3.63) is 56.5 Å². The minimum Gasteiger partial charge on any atom is -0.543 e. The Bertz CT molecular complexity index is 768. The zero-order valence-electron chi connectivity index (χ0n) is 10.6. The number of aromatic nitrogens is 1. The molecule has 0 aliphatic heterocycles. The zero-order valence-corrected chi connectivity index (χ0v) is 12.9. The van der Waals surface area contributed by atoms with Gasteiger partial charge in [-0.3, -0.25) is 5.43 Å². The number of rotatable bonds is 4. The van der Waals surface area contributed by atoms with Crippen LogP contribution in [-0.2, 0) is 0 Å². The number of carbonyl (C=O) groups is 1. The minimum absolute atomic E-state index is 0.0740. The lowest BCUT2D eigenvalue weighted by molar-refractivity contribution is -0.255. The second kappa shape index (κ2) is 6.91. The summed E-state index contributed by atoms with van der Waals surface area (Å²) in [6.45, 7) is 0. The molecule has 22 heavy (non-hydrogen) atoms. The predicted molar refractivity (Wildman–Crippen MR) is 81.2 cm³/mol. The summed E-state index contributed by atoms with van der Waals surface area (Å²) in [6.07, 6.45) is 1.18. The first-order valence-electron chi connectivity index (χ1n) is 5.71. The van der Waals surface area contributed by atoms with Gasteiger partial charge in [0.25, 0.3) is 0 Å². The number of aromatic carboxylic acids is 1. The maximum absolute atomic E-state index is 13.4. The highest BCUT2D eigenvalue weighted by Gasteiger charge is 2.16. The van der Waals surface area contributed by atoms with E-state index in [0.717, 1.165) is 0 Å². The first-order valence-corrected chi connectivity index (χ1v) is 6.84. The molecule has 9 heteroatoms. The molecule has 0 atom stereocenters. The number of hydrazone groups is 1. The van der Waals surface area contributed by atoms with Crippen LogP contribution in [0.2, 0.25) is 15.2 Å². The van der Waals surface area contributed by atoms with Gasteiger partial charge in [0.1, 0.15) is 16.5 Å². The van der Waals surface area contributed by atoms with Crippen LogP contribution in [-0.4, -0.2) is 17.2 Å². The summed E-state index contributed by atoms with van der Waals surface area (Å²) in [6, 6.07) is 5.92. The van der Waals surface area contributed by atoms with E-state index in [1.165, 1.54) is 24.4 Å². The van der Waals surface area contributed by atoms with Crippen LogP contribution in [0.4, 0.5) is 10.1 Å². The van der Waals surface area contributed by atoms with E-state index >= 15 is 0 Å². The van der Waals surface area contributed by atoms with Crippen molar-refractivity contribution in [1.82, 2.24) is 4.98 Å². The predicted octanol–water partition coefficient (Wildman–Crippen LogP) is 2.99. The molecule has 0 spiro atoms. The lowest BCUT2D eigenvalue weighted by Crippen LogP contribution is -2.24. The second-order valence-corrected chi connectivity index (χ2v) is 5.05. The van der Waals surface area contributed by atoms with Crippen LogP contribution in [0.5, 0.6) is 0 Å². The lowest BCUT2D eigenvalue weighted by Gasteiger charge is -2.12. The van der Waals surface area contributed by atoms with E-state index in [0.29, 0.717) is 0 Å². The van der Waals surface area contributed by atoms with Crippen LogP contribution < -0.4 is 10.5 Å². The van der Waals surface area contributed by atoms with Gasteiger partial charge in [-0.25, -0.2) is 9.37 Å². The summed E-state index contributed by atoms with van der Waals surface area (Å²) in [5, 5.41) is 13.9. The Hall–Kier alpha value is -1.89. The van der Waals surface area contributed by atoms with E-state index in [9.17, 15) is 14.3 Å². The van der Waals surface area contributed by atoms with Crippen LogP contribution in [0.25, 0.3) is 0 Å². The first kappa shape index (κ1) is 16.5. The van der Waals surface area contributed by atoms with E-state index in [4.69, 9.17) is 34.8 Å². The molecule has 5 nitrogen and oxygen atoms in total. The van der Waals surface area contributed by atoms with Gasteiger partial charge in [0.2, 0.25) is 0 Å². The molecule has 1 aromatic heterocycles. The molecule has 114 valence electrons. The van der Waals surface area contributed by atoms with Gasteiger partial charge in [0, 0.05) is 5.56 Å². The number of benzene rings is 1. The number of carboxylic acid groups (broad SMARTS) is 1. The van der Waals surface area contributed by atoms with Crippen molar-refractivity contribution >= 4 is 52.7 Å². The average molecular weight is 362 g/mol. The fourth-order valence-electron chi connectivity index (χ4n) is 1.49. The summed E-state index contributed by atoms with van der Waals surface area (Å²) < 4.78 is 13.4. The smallest absolute Gasteiger partial charge is 0.150 e. The van der Waals surface area contributed by atoms with Crippen LogP contribution >= 0.6 is 34.8 Å². The van der Waals surface area contributed by atoms with E-state index in [1.54, 1.807) is 6.07 Å². The summed E-state index contributed by atoms with van der Waals surface area (Å²) in [5.41, 5.74) is 1.97. The van der Waals surface area contributed by atoms with Gasteiger partial charge in [-0.15, -0.1) is 0 Å². The highest BCUT2D eigenvalue weighted by Crippen LogP contribution is 2.36. The third-order valence-electron chi connectivity index (χ3n) is 2.52. The molecule has 0 aliphatic carbocycles. The lowest BCUT2D eigenvalue weighted by atomic mass is 10.2. The second-order valence-electron chi connectivity index (χ2n) is 3.93. The number of carboxylic acids is 1. The molecule has 0 saturated heterocycles. The number of nitrogens with zero attached hydrogens (tertiary/aromatic N) is 2. The summed E-state index contributed by atoms with van der Waals surface area (Å²) in [7, 11) is 0. The molecule has 1 heterocycles. The summed E-state index contributed by atoms with van der Waals surface area (Å²) in [4.78, 5) is 14.4. The molecule has 0 fully saturated rings. The van der Waals surface area contributed by atoms with Gasteiger partial charge < -0.3 is 9.90 Å². The van der Waals surface area contributed by atoms with E-state index in [2.05, 4.69) is 15.5 Å². The van der Waals surface area contributed by atoms with Crippen molar-refractivity contribution in [3.63, 3.8) is 0 Å². The summed E-state index contributed by atoms with van der Waals surface area (Å²) in [5.74, 6) is -2.10. The summed E-state index contributed by atoms with van der Waals surface area (Å²) >= 11 is 17.5. The fourth-order valence-corrected chi connectivity index (χ4v) is 2.16. The van der Waals surface area contributed by atoms with Crippen LogP contribution in [0.3, 0.4) is 0 Å². The van der Waals surface area contributed by atoms with Gasteiger partial charge in [-0.1, -0.05) is 53.0 Å². The van der Waals surface area contributed by atoms with Gasteiger partial charge in [0.05, 0.1) is 22.9 Å². The molecule has 2 rings (SSSR count). The van der Waals surface area contributed by atoms with Gasteiger partial charge >= 0.3 is 0 Å². The number of hydrogen-bond donors (Lipinski definition) is 1. The molecule has 0 bridgehead atoms. The third-order valence-corrected chi connectivity index (χ3v) is 3.62. The van der Waals surface area contributed by atoms with Crippen LogP contribution in [0.15, 0.2) is 29.4 Å². The van der Waals surface area contributed by atoms with E-state index < -0.39 is 17.5 Å². The van der Waals surface area contributed by atoms with Gasteiger partial charge in [-0.05, 0) is 6.07 Å². The quantitative estimate of drug-likeness (QED) is 0.516. The Morgan fingerprint density at radius 2 is 1.95 bits per heavy atom. The normalized spacial score (nSPS) is 10.9. The molecular formula is C13H6Cl3FN3O2-. The Morgan fingerprint density at radius 3 is 2.59 bits per heavy atom. The van der Waals surface area contributed by atoms with Crippen molar-refractivity contribution in [2.75, 3.05) is 5.43 Å². The van der Waals surface area contributed by atoms with Gasteiger partial charge in [0.15, 0.2) is 5.15 Å². The number of nitrogens with one attached hydrogen (secondary N) is 1. The standard InChI is InChI=1S/C13H7Cl3FN3O2/c14-8-10(9(15)12(16)19-11(8)13(21)22)20-18-5-6-3-1-2-4-7(6)17/h1-5H,(H,19,20)(H,21,22)/p-1/b18-5-. The van der Waals surface area contributed by atoms with Gasteiger partial charge in [-0.2, -0.15) is 5.10 Å². The number of anilines is 1. The van der Waals surface area contributed by atoms with Crippen LogP contribution in [0.1, 0.15) is 16.1 Å². The molecule has 0 radical (unpaired) electrons. The molecule has 0 unspecified atom stereocenters. The molecule has 2 aromatic rings. The number of hydrogen-bond acceptors (Lipinski definition) is 5. The number of pyridine rings is 1. The van der Waals surface area contributed by atoms with Crippen LogP contribution in [0, 0.1) is 5.82 Å². The van der Waals surface area contributed by atoms with E-state index in [-0.39, 0.29) is 26.4 Å². The van der Waals surface area contributed by atoms with Crippen molar-refractivity contribution < 1.29 is 14.3 Å². The van der Waals surface area contributed by atoms with Crippen molar-refractivity contribution in [2.24, 2.45) is 5.10 Å². The number of halogens is 4. The monoisotopic (exact) mass is 360 g/mol. The zero-order chi connectivity index (χ0) is 16.3. The minimum atomic E-state index is -1.62. The Kier molecular flexibility index (Phi) is 5.18. The Labute approximate surface area is 139 Å². The number of carbonyl (C=O) groups excluding carboxylic acids is 1. The topological polar surface area (TPSA) is 77.4 Å². The molecule has 0 aliphatic rings. The molecule has 1 aromatic carbocycles. The highest BCUT2D eigenvalue weighted by atomic mass is 35.5. The average Bonchev–Trinajstić information content (AvgIpc) is 2.48. The van der Waals surface area contributed by atoms with E-state index in [1.807, 2.05) is 0 Å². The third kappa shape index (κ3) is 3.47. The maximum Gasteiger partial charge on any atom is 0.150 e. The van der Waals surface area contributed by atoms with Crippen molar-refractivity contribution in [1.29, 1.82) is 0 Å². The van der Waals surface area contributed by atoms with Crippen molar-refractivity contribution in [2.45, 2.75) is 0 Å². The Balaban J connectivity index is 2.34. The highest BCUT2D eigenvalue weighted by molar-refractivity contribution is 6.46. The molecular weight excluding hydrogens is 356 g/mol. The SMILES string of the molecule is O=C([O-])c1nc(Cl)c(Cl)c(N/N=C\c2ccccc2F)c1Cl. The molecule has 1 N–H and O–H groups in total. The molecule has 0 amide bonds. The maximum atomic E-state index is 13.4. The fraction of sp³-hybridized carbons (Fsp3) is 0. The molecule has 0 saturated carbocycles. The van der Waals surface area contributed by atoms with Crippen molar-refractivity contribution in [3.8, 4) is 0 Å².